The number of amides is 1. The molecule has 9 nitrogen and oxygen atoms in total. The van der Waals surface area contributed by atoms with E-state index in [0.29, 0.717) is 23.7 Å². The summed E-state index contributed by atoms with van der Waals surface area (Å²) >= 11 is 6.06. The Balaban J connectivity index is 1.31. The number of Topliss-reactive ketones (excluding diaryl/α,β-unsaturated/α-hetero) is 2. The number of hydrogen-bond acceptors (Lipinski definition) is 8. The van der Waals surface area contributed by atoms with Crippen LogP contribution >= 0.6 is 11.6 Å². The Morgan fingerprint density at radius 2 is 1.70 bits per heavy atom. The molecule has 0 bridgehead atoms. The molecule has 0 heterocycles. The summed E-state index contributed by atoms with van der Waals surface area (Å²) in [7, 11) is 0. The second kappa shape index (κ2) is 10.7. The van der Waals surface area contributed by atoms with Gasteiger partial charge in [0.25, 0.3) is 5.91 Å². The number of aliphatic hydroxyl groups is 3. The molecule has 0 saturated heterocycles. The first kappa shape index (κ1) is 28.7. The van der Waals surface area contributed by atoms with Gasteiger partial charge in [-0.05, 0) is 64.8 Å². The van der Waals surface area contributed by atoms with Crippen molar-refractivity contribution in [3.8, 4) is 16.9 Å². The van der Waals surface area contributed by atoms with Crippen LogP contribution in [0.3, 0.4) is 0 Å². The van der Waals surface area contributed by atoms with E-state index in [9.17, 15) is 34.8 Å². The fourth-order valence-corrected chi connectivity index (χ4v) is 6.91. The van der Waals surface area contributed by atoms with Crippen LogP contribution in [0.15, 0.2) is 77.6 Å². The Morgan fingerprint density at radius 1 is 0.977 bits per heavy atom. The molecule has 6 rings (SSSR count). The second-order valence-corrected chi connectivity index (χ2v) is 11.8. The molecule has 1 amide bonds. The lowest BCUT2D eigenvalue weighted by Crippen LogP contribution is -2.58. The molecular weight excluding hydrogens is 572 g/mol. The Labute approximate surface area is 251 Å². The number of phenolic OH excluding ortho intramolecular Hbond substituents is 1. The number of aromatic hydroxyl groups is 1. The van der Waals surface area contributed by atoms with Gasteiger partial charge in [-0.1, -0.05) is 54.1 Å². The molecule has 1 fully saturated rings. The maximum atomic E-state index is 13.7. The van der Waals surface area contributed by atoms with Gasteiger partial charge in [0, 0.05) is 36.0 Å². The van der Waals surface area contributed by atoms with Gasteiger partial charge in [-0.15, -0.1) is 0 Å². The van der Waals surface area contributed by atoms with Gasteiger partial charge in [0.2, 0.25) is 5.78 Å². The Bertz CT molecular complexity index is 1760. The summed E-state index contributed by atoms with van der Waals surface area (Å²) in [5, 5.41) is 48.3. The molecule has 3 aromatic carbocycles. The fraction of sp³-hybridized carbons (Fsp3) is 0.242. The summed E-state index contributed by atoms with van der Waals surface area (Å²) in [5.41, 5.74) is 6.09. The van der Waals surface area contributed by atoms with E-state index in [-0.39, 0.29) is 36.1 Å². The third-order valence-electron chi connectivity index (χ3n) is 8.76. The van der Waals surface area contributed by atoms with Gasteiger partial charge in [0.1, 0.15) is 22.8 Å². The van der Waals surface area contributed by atoms with Crippen LogP contribution in [0.5, 0.6) is 5.75 Å². The van der Waals surface area contributed by atoms with Crippen molar-refractivity contribution >= 4 is 34.8 Å². The molecule has 0 unspecified atom stereocenters. The van der Waals surface area contributed by atoms with E-state index in [1.54, 1.807) is 6.07 Å². The van der Waals surface area contributed by atoms with E-state index >= 15 is 0 Å². The van der Waals surface area contributed by atoms with Crippen LogP contribution in [0.25, 0.3) is 16.9 Å². The first-order valence-corrected chi connectivity index (χ1v) is 14.2. The number of primary amides is 1. The largest absolute Gasteiger partial charge is 0.508 e. The van der Waals surface area contributed by atoms with Gasteiger partial charge in [0.15, 0.2) is 11.4 Å². The monoisotopic (exact) mass is 600 g/mol. The Morgan fingerprint density at radius 3 is 2.40 bits per heavy atom. The highest BCUT2D eigenvalue weighted by Crippen LogP contribution is 2.53. The number of nitrogens with two attached hydrogens (primary N) is 1. The van der Waals surface area contributed by atoms with Crippen LogP contribution in [-0.2, 0) is 33.9 Å². The molecule has 3 aromatic rings. The lowest BCUT2D eigenvalue weighted by Gasteiger charge is -2.46. The average molecular weight is 601 g/mol. The molecular formula is C33H29ClN2O7. The van der Waals surface area contributed by atoms with Gasteiger partial charge in [0.05, 0.1) is 5.56 Å². The van der Waals surface area contributed by atoms with Crippen LogP contribution in [-0.4, -0.2) is 43.5 Å². The number of nitrogens with one attached hydrogen (secondary N) is 1. The number of aliphatic hydroxyl groups excluding tert-OH is 2. The van der Waals surface area contributed by atoms with Crippen molar-refractivity contribution in [2.75, 3.05) is 0 Å². The molecule has 3 atom stereocenters. The number of halogens is 1. The third kappa shape index (κ3) is 4.70. The van der Waals surface area contributed by atoms with Gasteiger partial charge in [-0.25, -0.2) is 0 Å². The van der Waals surface area contributed by atoms with Crippen LogP contribution in [0, 0.1) is 11.8 Å². The molecule has 10 heteroatoms. The van der Waals surface area contributed by atoms with E-state index in [1.807, 2.05) is 48.5 Å². The van der Waals surface area contributed by atoms with Crippen LogP contribution in [0.4, 0.5) is 0 Å². The summed E-state index contributed by atoms with van der Waals surface area (Å²) in [4.78, 5) is 38.1. The van der Waals surface area contributed by atoms with Crippen molar-refractivity contribution in [2.24, 2.45) is 17.6 Å². The normalized spacial score (nSPS) is 23.1. The lowest BCUT2D eigenvalue weighted by atomic mass is 9.59. The SMILES string of the molecule is NC(=O)C1=C(O)[C@@]2(O)C(=O)C3=C(O)c4c(O)ccc(-c5ccc(CNCc6cccc(Cl)c6)cc5)c4C[C@H]3C[C@H]2CC1=O. The molecule has 1 saturated carbocycles. The van der Waals surface area contributed by atoms with Crippen molar-refractivity contribution in [2.45, 2.75) is 38.0 Å². The molecule has 220 valence electrons. The smallest absolute Gasteiger partial charge is 0.255 e. The molecule has 43 heavy (non-hydrogen) atoms. The molecule has 3 aliphatic rings. The predicted octanol–water partition coefficient (Wildman–Crippen LogP) is 4.03. The minimum Gasteiger partial charge on any atom is -0.508 e. The number of rotatable bonds is 6. The molecule has 0 spiro atoms. The summed E-state index contributed by atoms with van der Waals surface area (Å²) < 4.78 is 0. The lowest BCUT2D eigenvalue weighted by molar-refractivity contribution is -0.147. The zero-order valence-electron chi connectivity index (χ0n) is 22.9. The van der Waals surface area contributed by atoms with E-state index in [0.717, 1.165) is 22.3 Å². The summed E-state index contributed by atoms with van der Waals surface area (Å²) in [5.74, 6) is -6.47. The Hall–Kier alpha value is -4.44. The standard InChI is InChI=1S/C33H29ClN2O7/c34-21-3-1-2-17(10-21)15-36-14-16-4-6-18(7-5-16)22-8-9-24(37)27-23(22)12-19-11-20-13-25(38)28(32(35)42)31(41)33(20,43)30(40)26(19)29(27)39/h1-10,19-20,36-37,39,41,43H,11-15H2,(H2,35,42)/t19-,20+,33+/m1/s1. The van der Waals surface area contributed by atoms with E-state index in [4.69, 9.17) is 17.3 Å². The fourth-order valence-electron chi connectivity index (χ4n) is 6.69. The van der Waals surface area contributed by atoms with Crippen molar-refractivity contribution in [3.05, 3.63) is 105 Å². The van der Waals surface area contributed by atoms with Crippen LogP contribution in [0.2, 0.25) is 5.02 Å². The van der Waals surface area contributed by atoms with Crippen molar-refractivity contribution in [1.82, 2.24) is 5.32 Å². The Kier molecular flexibility index (Phi) is 7.12. The van der Waals surface area contributed by atoms with Crippen LogP contribution in [0.1, 0.15) is 35.1 Å². The molecule has 7 N–H and O–H groups in total. The zero-order valence-corrected chi connectivity index (χ0v) is 23.7. The number of hydrogen-bond donors (Lipinski definition) is 6. The van der Waals surface area contributed by atoms with Crippen molar-refractivity contribution < 1.29 is 34.8 Å². The summed E-state index contributed by atoms with van der Waals surface area (Å²) in [6, 6.07) is 18.7. The highest BCUT2D eigenvalue weighted by Gasteiger charge is 2.60. The molecule has 3 aliphatic carbocycles. The first-order chi connectivity index (χ1) is 20.5. The highest BCUT2D eigenvalue weighted by atomic mass is 35.5. The number of carbonyl (C=O) groups is 3. The van der Waals surface area contributed by atoms with Gasteiger partial charge in [-0.3, -0.25) is 14.4 Å². The maximum absolute atomic E-state index is 13.7. The van der Waals surface area contributed by atoms with Gasteiger partial charge >= 0.3 is 0 Å². The van der Waals surface area contributed by atoms with Gasteiger partial charge in [-0.2, -0.15) is 0 Å². The van der Waals surface area contributed by atoms with Crippen molar-refractivity contribution in [1.29, 1.82) is 0 Å². The van der Waals surface area contributed by atoms with E-state index < -0.39 is 52.0 Å². The number of carbonyl (C=O) groups excluding carboxylic acids is 3. The van der Waals surface area contributed by atoms with Crippen molar-refractivity contribution in [3.63, 3.8) is 0 Å². The third-order valence-corrected chi connectivity index (χ3v) is 8.99. The summed E-state index contributed by atoms with van der Waals surface area (Å²) in [6.07, 6.45) is -0.0437. The average Bonchev–Trinajstić information content (AvgIpc) is 2.95. The topological polar surface area (TPSA) is 170 Å². The quantitative estimate of drug-likeness (QED) is 0.230. The minimum absolute atomic E-state index is 0.0666. The number of benzene rings is 3. The minimum atomic E-state index is -2.58. The first-order valence-electron chi connectivity index (χ1n) is 13.9. The molecule has 0 aromatic heterocycles. The molecule has 0 aliphatic heterocycles. The number of fused-ring (bicyclic) bond motifs is 3. The number of ketones is 2. The summed E-state index contributed by atoms with van der Waals surface area (Å²) in [6.45, 7) is 1.28. The van der Waals surface area contributed by atoms with Crippen LogP contribution < -0.4 is 11.1 Å². The van der Waals surface area contributed by atoms with Gasteiger partial charge < -0.3 is 31.5 Å². The predicted molar refractivity (Wildman–Crippen MR) is 159 cm³/mol. The van der Waals surface area contributed by atoms with E-state index in [2.05, 4.69) is 5.32 Å². The molecule has 0 radical (unpaired) electrons. The second-order valence-electron chi connectivity index (χ2n) is 11.3. The zero-order chi connectivity index (χ0) is 30.6. The van der Waals surface area contributed by atoms with E-state index in [1.165, 1.54) is 6.07 Å². The number of phenols is 1. The maximum Gasteiger partial charge on any atom is 0.255 e. The highest BCUT2D eigenvalue weighted by molar-refractivity contribution is 6.30.